The van der Waals surface area contributed by atoms with Gasteiger partial charge in [-0.1, -0.05) is 73.4 Å². The van der Waals surface area contributed by atoms with Crippen LogP contribution in [0.2, 0.25) is 0 Å². The maximum absolute atomic E-state index is 3.63. The van der Waals surface area contributed by atoms with Crippen LogP contribution in [0.25, 0.3) is 0 Å². The average Bonchev–Trinajstić information content (AvgIpc) is 1.80. The summed E-state index contributed by atoms with van der Waals surface area (Å²) in [6.07, 6.45) is 0. The van der Waals surface area contributed by atoms with E-state index >= 15 is 0 Å². The molecule has 0 aromatic heterocycles. The van der Waals surface area contributed by atoms with Crippen LogP contribution in [0.3, 0.4) is 0 Å². The number of hydrogen-bond donors (Lipinski definition) is 0. The molecule has 0 atom stereocenters. The van der Waals surface area contributed by atoms with Gasteiger partial charge in [-0.25, -0.2) is 0 Å². The van der Waals surface area contributed by atoms with E-state index in [1.54, 1.807) is 0 Å². The Bertz CT molecular complexity index is 167. The predicted octanol–water partition coefficient (Wildman–Crippen LogP) is 5.08. The average molecular weight is 298 g/mol. The molecule has 0 nitrogen and oxygen atoms in total. The summed E-state index contributed by atoms with van der Waals surface area (Å²) < 4.78 is 2.50. The lowest BCUT2D eigenvalue weighted by Gasteiger charge is -2.26. The molecule has 0 aliphatic rings. The van der Waals surface area contributed by atoms with Crippen LogP contribution >= 0.6 is 31.9 Å². The van der Waals surface area contributed by atoms with Crippen LogP contribution in [0.4, 0.5) is 0 Å². The Kier molecular flexibility index (Phi) is 4.05. The zero-order valence-electron chi connectivity index (χ0n) is 8.76. The van der Waals surface area contributed by atoms with Crippen LogP contribution in [-0.4, -0.2) is 0 Å². The summed E-state index contributed by atoms with van der Waals surface area (Å²) in [5, 5.41) is 0. The van der Waals surface area contributed by atoms with Crippen molar-refractivity contribution in [1.29, 1.82) is 0 Å². The number of hydrogen-bond acceptors (Lipinski definition) is 0. The van der Waals surface area contributed by atoms with Crippen molar-refractivity contribution in [3.63, 3.8) is 0 Å². The molecule has 0 N–H and O–H groups in total. The van der Waals surface area contributed by atoms with Crippen molar-refractivity contribution in [3.8, 4) is 0 Å². The minimum Gasteiger partial charge on any atom is -0.0555 e. The van der Waals surface area contributed by atoms with Gasteiger partial charge in [0.15, 0.2) is 0 Å². The quantitative estimate of drug-likeness (QED) is 0.585. The zero-order valence-corrected chi connectivity index (χ0v) is 11.9. The second-order valence-corrected chi connectivity index (χ2v) is 6.71. The van der Waals surface area contributed by atoms with Crippen molar-refractivity contribution < 1.29 is 0 Å². The lowest BCUT2D eigenvalue weighted by atomic mass is 9.89. The van der Waals surface area contributed by atoms with Gasteiger partial charge in [-0.05, 0) is 10.8 Å². The highest BCUT2D eigenvalue weighted by molar-refractivity contribution is 9.14. The van der Waals surface area contributed by atoms with E-state index in [4.69, 9.17) is 0 Å². The summed E-state index contributed by atoms with van der Waals surface area (Å²) in [5.41, 5.74) is 0.373. The molecule has 0 bridgehead atoms. The molecule has 0 saturated carbocycles. The number of halogens is 2. The third kappa shape index (κ3) is 3.61. The van der Waals surface area contributed by atoms with Crippen molar-refractivity contribution in [3.05, 3.63) is 8.96 Å². The van der Waals surface area contributed by atoms with Gasteiger partial charge in [-0.3, -0.25) is 0 Å². The molecule has 0 heterocycles. The first-order chi connectivity index (χ1) is 5.07. The molecule has 0 aliphatic carbocycles. The van der Waals surface area contributed by atoms with Crippen molar-refractivity contribution in [2.45, 2.75) is 41.5 Å². The van der Waals surface area contributed by atoms with Crippen molar-refractivity contribution >= 4 is 31.9 Å². The van der Waals surface area contributed by atoms with Gasteiger partial charge in [0.05, 0.1) is 0 Å². The van der Waals surface area contributed by atoms with Crippen LogP contribution < -0.4 is 0 Å². The summed E-state index contributed by atoms with van der Waals surface area (Å²) in [5.74, 6) is 0. The molecule has 72 valence electrons. The Morgan fingerprint density at radius 2 is 0.833 bits per heavy atom. The maximum atomic E-state index is 3.63. The highest BCUT2D eigenvalue weighted by atomic mass is 79.9. The molecular weight excluding hydrogens is 280 g/mol. The zero-order chi connectivity index (χ0) is 10.2. The fourth-order valence-corrected chi connectivity index (χ4v) is 1.85. The van der Waals surface area contributed by atoms with Gasteiger partial charge in [-0.15, -0.1) is 0 Å². The normalized spacial score (nSPS) is 16.0. The van der Waals surface area contributed by atoms with Crippen LogP contribution in [0.5, 0.6) is 0 Å². The molecule has 0 aromatic rings. The van der Waals surface area contributed by atoms with Crippen LogP contribution in [0, 0.1) is 10.8 Å². The minimum absolute atomic E-state index is 0.187. The van der Waals surface area contributed by atoms with Crippen molar-refractivity contribution in [2.24, 2.45) is 10.8 Å². The third-order valence-corrected chi connectivity index (χ3v) is 5.21. The van der Waals surface area contributed by atoms with Crippen LogP contribution in [0.1, 0.15) is 41.5 Å². The molecule has 0 radical (unpaired) electrons. The van der Waals surface area contributed by atoms with E-state index in [1.165, 1.54) is 8.96 Å². The lowest BCUT2D eigenvalue weighted by molar-refractivity contribution is 0.490. The second kappa shape index (κ2) is 3.83. The van der Waals surface area contributed by atoms with Gasteiger partial charge in [-0.2, -0.15) is 0 Å². The molecule has 12 heavy (non-hydrogen) atoms. The van der Waals surface area contributed by atoms with Gasteiger partial charge in [0.2, 0.25) is 0 Å². The van der Waals surface area contributed by atoms with Crippen LogP contribution in [0.15, 0.2) is 8.96 Å². The predicted molar refractivity (Wildman–Crippen MR) is 63.8 cm³/mol. The minimum atomic E-state index is 0.187. The van der Waals surface area contributed by atoms with Gasteiger partial charge in [0.25, 0.3) is 0 Å². The second-order valence-electron chi connectivity index (χ2n) is 5.13. The first-order valence-electron chi connectivity index (χ1n) is 4.13. The van der Waals surface area contributed by atoms with Gasteiger partial charge in [0.1, 0.15) is 0 Å². The standard InChI is InChI=1S/C10H18Br2/c1-9(2,3)7(11)8(12)10(4,5)6/h1-6H3. The van der Waals surface area contributed by atoms with Crippen molar-refractivity contribution in [1.82, 2.24) is 0 Å². The summed E-state index contributed by atoms with van der Waals surface area (Å²) >= 11 is 7.26. The van der Waals surface area contributed by atoms with E-state index < -0.39 is 0 Å². The summed E-state index contributed by atoms with van der Waals surface area (Å²) in [7, 11) is 0. The summed E-state index contributed by atoms with van der Waals surface area (Å²) in [6, 6.07) is 0. The SMILES string of the molecule is CC(C)(C)C(Br)=C(Br)C(C)(C)C. The van der Waals surface area contributed by atoms with Gasteiger partial charge >= 0.3 is 0 Å². The molecule has 0 fully saturated rings. The summed E-state index contributed by atoms with van der Waals surface area (Å²) in [6.45, 7) is 13.2. The van der Waals surface area contributed by atoms with E-state index in [-0.39, 0.29) is 10.8 Å². The lowest BCUT2D eigenvalue weighted by Crippen LogP contribution is -2.13. The molecular formula is C10H18Br2. The molecule has 0 rings (SSSR count). The molecule has 2 heteroatoms. The Hall–Kier alpha value is 0.700. The fraction of sp³-hybridized carbons (Fsp3) is 0.800. The number of rotatable bonds is 0. The van der Waals surface area contributed by atoms with E-state index in [9.17, 15) is 0 Å². The van der Waals surface area contributed by atoms with E-state index in [2.05, 4.69) is 73.4 Å². The summed E-state index contributed by atoms with van der Waals surface area (Å²) in [4.78, 5) is 0. The molecule has 0 saturated heterocycles. The molecule has 0 aliphatic heterocycles. The first-order valence-corrected chi connectivity index (χ1v) is 5.71. The van der Waals surface area contributed by atoms with Crippen molar-refractivity contribution in [2.75, 3.05) is 0 Å². The van der Waals surface area contributed by atoms with E-state index in [0.717, 1.165) is 0 Å². The Balaban J connectivity index is 4.96. The topological polar surface area (TPSA) is 0 Å². The van der Waals surface area contributed by atoms with Gasteiger partial charge < -0.3 is 0 Å². The Labute approximate surface area is 93.1 Å². The molecule has 0 unspecified atom stereocenters. The molecule has 0 amide bonds. The largest absolute Gasteiger partial charge is 0.0555 e. The van der Waals surface area contributed by atoms with E-state index in [0.29, 0.717) is 0 Å². The van der Waals surface area contributed by atoms with Gasteiger partial charge in [0, 0.05) is 8.96 Å². The Morgan fingerprint density at radius 3 is 0.917 bits per heavy atom. The monoisotopic (exact) mass is 296 g/mol. The third-order valence-electron chi connectivity index (χ3n) is 1.51. The molecule has 0 spiro atoms. The highest BCUT2D eigenvalue weighted by Crippen LogP contribution is 2.42. The highest BCUT2D eigenvalue weighted by Gasteiger charge is 2.24. The first kappa shape index (κ1) is 12.7. The fourth-order valence-electron chi connectivity index (χ4n) is 0.658. The number of allylic oxidation sites excluding steroid dienone is 2. The smallest absolute Gasteiger partial charge is 0.0111 e. The van der Waals surface area contributed by atoms with Crippen LogP contribution in [-0.2, 0) is 0 Å². The maximum Gasteiger partial charge on any atom is 0.0111 e. The molecule has 0 aromatic carbocycles. The Morgan fingerprint density at radius 1 is 0.667 bits per heavy atom. The van der Waals surface area contributed by atoms with E-state index in [1.807, 2.05) is 0 Å².